The molecule has 1 aromatic heterocycles. The van der Waals surface area contributed by atoms with E-state index >= 15 is 0 Å². The number of rotatable bonds is 2. The van der Waals surface area contributed by atoms with Gasteiger partial charge in [0, 0.05) is 20.6 Å². The van der Waals surface area contributed by atoms with E-state index in [4.69, 9.17) is 9.68 Å². The van der Waals surface area contributed by atoms with Gasteiger partial charge < -0.3 is 9.32 Å². The van der Waals surface area contributed by atoms with Crippen LogP contribution in [-0.2, 0) is 18.4 Å². The van der Waals surface area contributed by atoms with Crippen molar-refractivity contribution in [1.29, 1.82) is 5.26 Å². The fourth-order valence-electron chi connectivity index (χ4n) is 1.71. The van der Waals surface area contributed by atoms with Crippen LogP contribution < -0.4 is 5.76 Å². The second kappa shape index (κ2) is 4.37. The van der Waals surface area contributed by atoms with Crippen LogP contribution >= 0.6 is 0 Å². The molecule has 0 aliphatic rings. The summed E-state index contributed by atoms with van der Waals surface area (Å²) in [6, 6.07) is 6.78. The van der Waals surface area contributed by atoms with Crippen molar-refractivity contribution in [3.05, 3.63) is 34.3 Å². The summed E-state index contributed by atoms with van der Waals surface area (Å²) >= 11 is 0. The topological polar surface area (TPSA) is 79.2 Å². The molecule has 1 heterocycles. The average Bonchev–Trinajstić information content (AvgIpc) is 2.63. The minimum Gasteiger partial charge on any atom is -0.408 e. The van der Waals surface area contributed by atoms with Crippen LogP contribution in [0.5, 0.6) is 0 Å². The fourth-order valence-corrected chi connectivity index (χ4v) is 1.71. The van der Waals surface area contributed by atoms with Crippen molar-refractivity contribution in [1.82, 2.24) is 9.47 Å². The number of benzene rings is 1. The predicted molar refractivity (Wildman–Crippen MR) is 63.5 cm³/mol. The van der Waals surface area contributed by atoms with Gasteiger partial charge in [0.15, 0.2) is 11.7 Å². The highest BCUT2D eigenvalue weighted by Gasteiger charge is 2.10. The molecule has 0 bridgehead atoms. The van der Waals surface area contributed by atoms with Crippen LogP contribution in [0.1, 0.15) is 5.56 Å². The number of carbonyl (C=O) groups excluding carboxylic acids is 1. The summed E-state index contributed by atoms with van der Waals surface area (Å²) in [4.78, 5) is 23.7. The Morgan fingerprint density at radius 1 is 1.56 bits per heavy atom. The molecule has 0 unspecified atom stereocenters. The molecule has 6 nitrogen and oxygen atoms in total. The van der Waals surface area contributed by atoms with E-state index in [-0.39, 0.29) is 0 Å². The van der Waals surface area contributed by atoms with Gasteiger partial charge in [-0.25, -0.2) is 4.79 Å². The van der Waals surface area contributed by atoms with Gasteiger partial charge in [0.05, 0.1) is 5.52 Å². The third-order valence-corrected chi connectivity index (χ3v) is 2.72. The van der Waals surface area contributed by atoms with Gasteiger partial charge in [-0.3, -0.25) is 9.36 Å². The van der Waals surface area contributed by atoms with Gasteiger partial charge in [-0.15, -0.1) is 0 Å². The maximum absolute atomic E-state index is 11.3. The van der Waals surface area contributed by atoms with E-state index in [9.17, 15) is 9.59 Å². The number of fused-ring (bicyclic) bond motifs is 1. The van der Waals surface area contributed by atoms with Crippen molar-refractivity contribution in [3.63, 3.8) is 0 Å². The van der Waals surface area contributed by atoms with E-state index < -0.39 is 11.7 Å². The van der Waals surface area contributed by atoms with Crippen molar-refractivity contribution in [2.45, 2.75) is 6.54 Å². The highest BCUT2D eigenvalue weighted by atomic mass is 16.4. The maximum atomic E-state index is 11.3. The number of oxazole rings is 1. The summed E-state index contributed by atoms with van der Waals surface area (Å²) in [5, 5.41) is 8.49. The number of hydrogen-bond donors (Lipinski definition) is 0. The van der Waals surface area contributed by atoms with Crippen LogP contribution in [0.3, 0.4) is 0 Å². The molecular weight excluding hydrogens is 234 g/mol. The molecule has 0 radical (unpaired) electrons. The zero-order chi connectivity index (χ0) is 13.3. The van der Waals surface area contributed by atoms with Crippen molar-refractivity contribution in [3.8, 4) is 6.07 Å². The largest absolute Gasteiger partial charge is 0.419 e. The van der Waals surface area contributed by atoms with Gasteiger partial charge in [0.25, 0.3) is 0 Å². The summed E-state index contributed by atoms with van der Waals surface area (Å²) in [5.74, 6) is -1.03. The number of aryl methyl sites for hydroxylation is 1. The SMILES string of the molecule is CN(Cc1ccc2c(c1)oc(=O)n2C)C(=O)C#N. The molecule has 0 saturated heterocycles. The highest BCUT2D eigenvalue weighted by molar-refractivity contribution is 5.91. The number of nitriles is 1. The van der Waals surface area contributed by atoms with Crippen LogP contribution in [-0.4, -0.2) is 22.4 Å². The van der Waals surface area contributed by atoms with Crippen molar-refractivity contribution < 1.29 is 9.21 Å². The van der Waals surface area contributed by atoms with Gasteiger partial charge in [0.1, 0.15) is 0 Å². The van der Waals surface area contributed by atoms with Crippen LogP contribution in [0.15, 0.2) is 27.4 Å². The second-order valence-electron chi connectivity index (χ2n) is 4.00. The van der Waals surface area contributed by atoms with Gasteiger partial charge >= 0.3 is 11.7 Å². The number of carbonyl (C=O) groups is 1. The highest BCUT2D eigenvalue weighted by Crippen LogP contribution is 2.15. The molecule has 0 aliphatic heterocycles. The van der Waals surface area contributed by atoms with E-state index in [0.717, 1.165) is 5.56 Å². The van der Waals surface area contributed by atoms with Crippen molar-refractivity contribution >= 4 is 17.0 Å². The Morgan fingerprint density at radius 3 is 2.94 bits per heavy atom. The quantitative estimate of drug-likeness (QED) is 0.726. The standard InChI is InChI=1S/C12H11N3O3/c1-14(11(16)6-13)7-8-3-4-9-10(5-8)18-12(17)15(9)2/h3-5H,7H2,1-2H3. The van der Waals surface area contributed by atoms with Crippen LogP contribution in [0.25, 0.3) is 11.1 Å². The molecule has 0 spiro atoms. The summed E-state index contributed by atoms with van der Waals surface area (Å²) in [6.07, 6.45) is 0. The third-order valence-electron chi connectivity index (χ3n) is 2.72. The Kier molecular flexibility index (Phi) is 2.90. The lowest BCUT2D eigenvalue weighted by Crippen LogP contribution is -2.24. The lowest BCUT2D eigenvalue weighted by Gasteiger charge is -2.12. The predicted octanol–water partition coefficient (Wildman–Crippen LogP) is 0.613. The van der Waals surface area contributed by atoms with E-state index in [1.807, 2.05) is 0 Å². The van der Waals surface area contributed by atoms with Gasteiger partial charge in [-0.05, 0) is 17.7 Å². The Morgan fingerprint density at radius 2 is 2.28 bits per heavy atom. The molecule has 1 aromatic carbocycles. The summed E-state index contributed by atoms with van der Waals surface area (Å²) in [7, 11) is 3.16. The zero-order valence-electron chi connectivity index (χ0n) is 10.0. The first kappa shape index (κ1) is 11.9. The molecule has 6 heteroatoms. The molecule has 0 fully saturated rings. The first-order chi connectivity index (χ1) is 8.52. The molecule has 1 amide bonds. The Bertz CT molecular complexity index is 705. The monoisotopic (exact) mass is 245 g/mol. The Hall–Kier alpha value is -2.55. The first-order valence-electron chi connectivity index (χ1n) is 5.26. The molecular formula is C12H11N3O3. The minimum absolute atomic E-state index is 0.293. The summed E-state index contributed by atoms with van der Waals surface area (Å²) in [5.41, 5.74) is 1.96. The fraction of sp³-hybridized carbons (Fsp3) is 0.250. The lowest BCUT2D eigenvalue weighted by molar-refractivity contribution is -0.124. The average molecular weight is 245 g/mol. The molecule has 18 heavy (non-hydrogen) atoms. The lowest BCUT2D eigenvalue weighted by atomic mass is 10.2. The molecule has 0 atom stereocenters. The third kappa shape index (κ3) is 1.98. The maximum Gasteiger partial charge on any atom is 0.419 e. The number of nitrogens with zero attached hydrogens (tertiary/aromatic N) is 3. The molecule has 0 saturated carbocycles. The van der Waals surface area contributed by atoms with Crippen LogP contribution in [0.4, 0.5) is 0 Å². The smallest absolute Gasteiger partial charge is 0.408 e. The normalized spacial score (nSPS) is 10.3. The number of hydrogen-bond acceptors (Lipinski definition) is 4. The molecule has 92 valence electrons. The number of amides is 1. The zero-order valence-corrected chi connectivity index (χ0v) is 10.0. The van der Waals surface area contributed by atoms with Gasteiger partial charge in [-0.2, -0.15) is 5.26 Å². The molecule has 0 N–H and O–H groups in total. The summed E-state index contributed by atoms with van der Waals surface area (Å²) in [6.45, 7) is 0.293. The number of aromatic nitrogens is 1. The van der Waals surface area contributed by atoms with Crippen LogP contribution in [0, 0.1) is 11.3 Å². The molecule has 2 rings (SSSR count). The van der Waals surface area contributed by atoms with Gasteiger partial charge in [-0.1, -0.05) is 6.07 Å². The minimum atomic E-state index is -0.607. The Labute approximate surface area is 103 Å². The van der Waals surface area contributed by atoms with Crippen LogP contribution in [0.2, 0.25) is 0 Å². The first-order valence-corrected chi connectivity index (χ1v) is 5.26. The van der Waals surface area contributed by atoms with Gasteiger partial charge in [0.2, 0.25) is 0 Å². The van der Waals surface area contributed by atoms with Crippen molar-refractivity contribution in [2.24, 2.45) is 7.05 Å². The van der Waals surface area contributed by atoms with Crippen molar-refractivity contribution in [2.75, 3.05) is 7.05 Å². The second-order valence-corrected chi connectivity index (χ2v) is 4.00. The van der Waals surface area contributed by atoms with E-state index in [0.29, 0.717) is 17.6 Å². The van der Waals surface area contributed by atoms with E-state index in [1.54, 1.807) is 31.3 Å². The molecule has 0 aliphatic carbocycles. The van der Waals surface area contributed by atoms with E-state index in [2.05, 4.69) is 0 Å². The summed E-state index contributed by atoms with van der Waals surface area (Å²) < 4.78 is 6.45. The molecule has 2 aromatic rings. The Balaban J connectivity index is 2.34. The van der Waals surface area contributed by atoms with E-state index in [1.165, 1.54) is 16.5 Å².